The van der Waals surface area contributed by atoms with Crippen LogP contribution in [0.4, 0.5) is 0 Å². The van der Waals surface area contributed by atoms with Crippen LogP contribution in [0.1, 0.15) is 26.3 Å². The van der Waals surface area contributed by atoms with Gasteiger partial charge in [-0.05, 0) is 34.7 Å². The quantitative estimate of drug-likeness (QED) is 0.864. The van der Waals surface area contributed by atoms with Gasteiger partial charge >= 0.3 is 0 Å². The Hall–Kier alpha value is -1.96. The normalized spacial score (nSPS) is 11.4. The van der Waals surface area contributed by atoms with Gasteiger partial charge in [0.15, 0.2) is 0 Å². The van der Waals surface area contributed by atoms with Crippen LogP contribution >= 0.6 is 0 Å². The third kappa shape index (κ3) is 2.90. The summed E-state index contributed by atoms with van der Waals surface area (Å²) in [5, 5.41) is 9.96. The minimum Gasteiger partial charge on any atom is -0.507 e. The van der Waals surface area contributed by atoms with Gasteiger partial charge in [-0.3, -0.25) is 0 Å². The number of phenols is 1. The van der Waals surface area contributed by atoms with Crippen molar-refractivity contribution in [1.82, 2.24) is 0 Å². The number of phenolic OH excluding ortho intramolecular Hbond substituents is 1. The Bertz CT molecular complexity index is 563. The third-order valence-corrected chi connectivity index (χ3v) is 3.27. The molecule has 2 nitrogen and oxygen atoms in total. The predicted octanol–water partition coefficient (Wildman–Crippen LogP) is 4.37. The fraction of sp³-hybridized carbons (Fsp3) is 0.294. The first-order chi connectivity index (χ1) is 8.91. The molecule has 0 fully saturated rings. The molecule has 0 spiro atoms. The molecular weight excluding hydrogens is 236 g/mol. The molecule has 2 heteroatoms. The van der Waals surface area contributed by atoms with Gasteiger partial charge in [0, 0.05) is 5.56 Å². The molecule has 0 aromatic heterocycles. The Morgan fingerprint density at radius 3 is 2.11 bits per heavy atom. The van der Waals surface area contributed by atoms with Crippen LogP contribution in [0.3, 0.4) is 0 Å². The number of ether oxygens (including phenoxy) is 1. The summed E-state index contributed by atoms with van der Waals surface area (Å²) in [6.45, 7) is 6.56. The van der Waals surface area contributed by atoms with Gasteiger partial charge in [-0.2, -0.15) is 0 Å². The van der Waals surface area contributed by atoms with E-state index in [1.807, 2.05) is 18.2 Å². The van der Waals surface area contributed by atoms with E-state index in [0.29, 0.717) is 0 Å². The summed E-state index contributed by atoms with van der Waals surface area (Å²) in [6, 6.07) is 13.5. The van der Waals surface area contributed by atoms with Crippen LogP contribution in [0.15, 0.2) is 42.5 Å². The number of hydrogen-bond donors (Lipinski definition) is 1. The lowest BCUT2D eigenvalue weighted by atomic mass is 9.86. The van der Waals surface area contributed by atoms with Crippen molar-refractivity contribution in [1.29, 1.82) is 0 Å². The SMILES string of the molecule is COc1ccc(O)c(-c2ccc(C(C)(C)C)cc2)c1. The van der Waals surface area contributed by atoms with E-state index in [1.54, 1.807) is 19.2 Å². The van der Waals surface area contributed by atoms with Crippen LogP contribution in [0.5, 0.6) is 11.5 Å². The second-order valence-corrected chi connectivity index (χ2v) is 5.71. The monoisotopic (exact) mass is 256 g/mol. The number of methoxy groups -OCH3 is 1. The second-order valence-electron chi connectivity index (χ2n) is 5.71. The first kappa shape index (κ1) is 13.5. The van der Waals surface area contributed by atoms with Crippen molar-refractivity contribution in [2.24, 2.45) is 0 Å². The molecule has 19 heavy (non-hydrogen) atoms. The smallest absolute Gasteiger partial charge is 0.123 e. The van der Waals surface area contributed by atoms with E-state index in [4.69, 9.17) is 4.74 Å². The molecule has 1 N–H and O–H groups in total. The topological polar surface area (TPSA) is 29.5 Å². The predicted molar refractivity (Wildman–Crippen MR) is 78.8 cm³/mol. The van der Waals surface area contributed by atoms with Crippen molar-refractivity contribution < 1.29 is 9.84 Å². The second kappa shape index (κ2) is 4.96. The van der Waals surface area contributed by atoms with Crippen LogP contribution in [-0.2, 0) is 5.41 Å². The average molecular weight is 256 g/mol. The van der Waals surface area contributed by atoms with E-state index >= 15 is 0 Å². The fourth-order valence-electron chi connectivity index (χ4n) is 2.02. The molecule has 0 saturated carbocycles. The molecule has 2 rings (SSSR count). The Kier molecular flexibility index (Phi) is 3.52. The van der Waals surface area contributed by atoms with E-state index in [0.717, 1.165) is 16.9 Å². The molecule has 0 heterocycles. The lowest BCUT2D eigenvalue weighted by Crippen LogP contribution is -2.10. The lowest BCUT2D eigenvalue weighted by Gasteiger charge is -2.19. The minimum absolute atomic E-state index is 0.134. The molecule has 2 aromatic carbocycles. The zero-order valence-electron chi connectivity index (χ0n) is 11.9. The highest BCUT2D eigenvalue weighted by Gasteiger charge is 2.14. The maximum Gasteiger partial charge on any atom is 0.123 e. The van der Waals surface area contributed by atoms with E-state index in [-0.39, 0.29) is 11.2 Å². The molecule has 0 atom stereocenters. The molecule has 0 radical (unpaired) electrons. The van der Waals surface area contributed by atoms with Gasteiger partial charge in [0.05, 0.1) is 7.11 Å². The van der Waals surface area contributed by atoms with Crippen molar-refractivity contribution in [3.8, 4) is 22.6 Å². The Balaban J connectivity index is 2.42. The van der Waals surface area contributed by atoms with Gasteiger partial charge in [-0.25, -0.2) is 0 Å². The first-order valence-electron chi connectivity index (χ1n) is 6.40. The standard InChI is InChI=1S/C17H20O2/c1-17(2,3)13-7-5-12(6-8-13)15-11-14(19-4)9-10-16(15)18/h5-11,18H,1-4H3. The van der Waals surface area contributed by atoms with Crippen molar-refractivity contribution in [2.45, 2.75) is 26.2 Å². The van der Waals surface area contributed by atoms with Gasteiger partial charge in [-0.15, -0.1) is 0 Å². The lowest BCUT2D eigenvalue weighted by molar-refractivity contribution is 0.412. The molecule has 0 aliphatic carbocycles. The van der Waals surface area contributed by atoms with Gasteiger partial charge in [-0.1, -0.05) is 45.0 Å². The van der Waals surface area contributed by atoms with Crippen LogP contribution < -0.4 is 4.74 Å². The summed E-state index contributed by atoms with van der Waals surface area (Å²) < 4.78 is 5.20. The van der Waals surface area contributed by atoms with Crippen molar-refractivity contribution >= 4 is 0 Å². The Morgan fingerprint density at radius 1 is 0.947 bits per heavy atom. The number of aromatic hydroxyl groups is 1. The minimum atomic E-state index is 0.134. The molecule has 100 valence electrons. The van der Waals surface area contributed by atoms with Crippen molar-refractivity contribution in [3.05, 3.63) is 48.0 Å². The summed E-state index contributed by atoms with van der Waals surface area (Å²) in [5.41, 5.74) is 3.19. The van der Waals surface area contributed by atoms with E-state index in [2.05, 4.69) is 32.9 Å². The summed E-state index contributed by atoms with van der Waals surface area (Å²) >= 11 is 0. The Labute approximate surface area is 114 Å². The molecule has 2 aromatic rings. The van der Waals surface area contributed by atoms with E-state index in [9.17, 15) is 5.11 Å². The molecule has 0 amide bonds. The summed E-state index contributed by atoms with van der Waals surface area (Å²) in [5.74, 6) is 1.01. The summed E-state index contributed by atoms with van der Waals surface area (Å²) in [7, 11) is 1.62. The number of rotatable bonds is 2. The maximum atomic E-state index is 9.96. The van der Waals surface area contributed by atoms with Crippen molar-refractivity contribution in [2.75, 3.05) is 7.11 Å². The van der Waals surface area contributed by atoms with Gasteiger partial charge in [0.2, 0.25) is 0 Å². The van der Waals surface area contributed by atoms with Gasteiger partial charge < -0.3 is 9.84 Å². The van der Waals surface area contributed by atoms with Gasteiger partial charge in [0.1, 0.15) is 11.5 Å². The van der Waals surface area contributed by atoms with E-state index < -0.39 is 0 Å². The summed E-state index contributed by atoms with van der Waals surface area (Å²) in [6.07, 6.45) is 0. The molecule has 0 bridgehead atoms. The highest BCUT2D eigenvalue weighted by atomic mass is 16.5. The largest absolute Gasteiger partial charge is 0.507 e. The van der Waals surface area contributed by atoms with E-state index in [1.165, 1.54) is 5.56 Å². The van der Waals surface area contributed by atoms with Crippen LogP contribution in [0, 0.1) is 0 Å². The number of benzene rings is 2. The molecule has 0 unspecified atom stereocenters. The fourth-order valence-corrected chi connectivity index (χ4v) is 2.02. The van der Waals surface area contributed by atoms with Gasteiger partial charge in [0.25, 0.3) is 0 Å². The van der Waals surface area contributed by atoms with Crippen LogP contribution in [0.25, 0.3) is 11.1 Å². The van der Waals surface area contributed by atoms with Crippen LogP contribution in [0.2, 0.25) is 0 Å². The van der Waals surface area contributed by atoms with Crippen LogP contribution in [-0.4, -0.2) is 12.2 Å². The number of hydrogen-bond acceptors (Lipinski definition) is 2. The average Bonchev–Trinajstić information content (AvgIpc) is 2.38. The highest BCUT2D eigenvalue weighted by Crippen LogP contribution is 2.33. The molecule has 0 aliphatic rings. The van der Waals surface area contributed by atoms with Crippen molar-refractivity contribution in [3.63, 3.8) is 0 Å². The Morgan fingerprint density at radius 2 is 1.58 bits per heavy atom. The maximum absolute atomic E-state index is 9.96. The zero-order chi connectivity index (χ0) is 14.0. The molecule has 0 aliphatic heterocycles. The molecular formula is C17H20O2. The molecule has 0 saturated heterocycles. The summed E-state index contributed by atoms with van der Waals surface area (Å²) in [4.78, 5) is 0. The zero-order valence-corrected chi connectivity index (χ0v) is 11.9. The first-order valence-corrected chi connectivity index (χ1v) is 6.40. The third-order valence-electron chi connectivity index (χ3n) is 3.27. The highest BCUT2D eigenvalue weighted by molar-refractivity contribution is 5.71.